The van der Waals surface area contributed by atoms with Crippen molar-refractivity contribution < 1.29 is 15.0 Å². The Morgan fingerprint density at radius 1 is 1.26 bits per heavy atom. The van der Waals surface area contributed by atoms with Crippen LogP contribution in [0, 0.1) is 0 Å². The van der Waals surface area contributed by atoms with Gasteiger partial charge in [-0.2, -0.15) is 5.10 Å². The number of amides is 1. The fourth-order valence-corrected chi connectivity index (χ4v) is 3.24. The topological polar surface area (TPSA) is 90.6 Å². The lowest BCUT2D eigenvalue weighted by molar-refractivity contribution is 0.00770. The smallest absolute Gasteiger partial charge is 0.408 e. The number of hydrogen-bond acceptors (Lipinski definition) is 4. The maximum absolute atomic E-state index is 12.0. The highest BCUT2D eigenvalue weighted by Crippen LogP contribution is 2.22. The molecule has 1 heterocycles. The van der Waals surface area contributed by atoms with Gasteiger partial charge in [0.15, 0.2) is 0 Å². The number of aliphatic hydroxyl groups is 1. The fraction of sp³-hybridized carbons (Fsp3) is 0.500. The number of aryl methyl sites for hydroxylation is 1. The van der Waals surface area contributed by atoms with Crippen molar-refractivity contribution in [1.29, 1.82) is 0 Å². The maximum Gasteiger partial charge on any atom is 0.408 e. The van der Waals surface area contributed by atoms with Crippen LogP contribution < -0.4 is 5.32 Å². The zero-order valence-corrected chi connectivity index (χ0v) is 16.5. The third-order valence-electron chi connectivity index (χ3n) is 4.43. The third kappa shape index (κ3) is 6.08. The molecule has 0 saturated carbocycles. The first-order chi connectivity index (χ1) is 12.7. The number of aliphatic hydroxyl groups excluding tert-OH is 1. The van der Waals surface area contributed by atoms with Crippen molar-refractivity contribution in [2.24, 2.45) is 7.05 Å². The van der Waals surface area contributed by atoms with Crippen molar-refractivity contribution in [3.8, 4) is 0 Å². The third-order valence-corrected chi connectivity index (χ3v) is 4.43. The lowest BCUT2D eigenvalue weighted by atomic mass is 9.94. The molecule has 7 heteroatoms. The summed E-state index contributed by atoms with van der Waals surface area (Å²) < 4.78 is 1.72. The molecule has 0 spiro atoms. The van der Waals surface area contributed by atoms with Gasteiger partial charge in [0.05, 0.1) is 18.3 Å². The Morgan fingerprint density at radius 2 is 1.93 bits per heavy atom. The van der Waals surface area contributed by atoms with E-state index in [-0.39, 0.29) is 6.54 Å². The molecule has 148 valence electrons. The van der Waals surface area contributed by atoms with Crippen molar-refractivity contribution in [2.75, 3.05) is 6.54 Å². The van der Waals surface area contributed by atoms with Gasteiger partial charge in [-0.15, -0.1) is 0 Å². The van der Waals surface area contributed by atoms with Crippen LogP contribution in [0.1, 0.15) is 31.9 Å². The lowest BCUT2D eigenvalue weighted by Crippen LogP contribution is -2.58. The van der Waals surface area contributed by atoms with Crippen molar-refractivity contribution in [3.05, 3.63) is 53.9 Å². The molecule has 0 radical (unpaired) electrons. The van der Waals surface area contributed by atoms with E-state index in [1.807, 2.05) is 64.3 Å². The number of aromatic nitrogens is 2. The molecule has 0 aliphatic carbocycles. The number of nitrogens with zero attached hydrogens (tertiary/aromatic N) is 3. The highest BCUT2D eigenvalue weighted by molar-refractivity contribution is 5.66. The molecule has 0 aliphatic heterocycles. The van der Waals surface area contributed by atoms with E-state index in [2.05, 4.69) is 10.4 Å². The van der Waals surface area contributed by atoms with Crippen LogP contribution in [0.15, 0.2) is 42.7 Å². The summed E-state index contributed by atoms with van der Waals surface area (Å²) in [4.78, 5) is 13.3. The second-order valence-corrected chi connectivity index (χ2v) is 7.80. The van der Waals surface area contributed by atoms with Gasteiger partial charge in [0.2, 0.25) is 0 Å². The van der Waals surface area contributed by atoms with Gasteiger partial charge in [-0.1, -0.05) is 30.3 Å². The van der Waals surface area contributed by atoms with E-state index in [9.17, 15) is 15.0 Å². The molecule has 27 heavy (non-hydrogen) atoms. The van der Waals surface area contributed by atoms with E-state index >= 15 is 0 Å². The molecule has 0 unspecified atom stereocenters. The van der Waals surface area contributed by atoms with Crippen LogP contribution in [0.3, 0.4) is 0 Å². The normalized spacial score (nSPS) is 14.0. The van der Waals surface area contributed by atoms with Gasteiger partial charge in [-0.3, -0.25) is 9.58 Å². The Kier molecular flexibility index (Phi) is 6.98. The molecule has 0 bridgehead atoms. The number of hydrogen-bond donors (Lipinski definition) is 3. The number of carbonyl (C=O) groups is 1. The summed E-state index contributed by atoms with van der Waals surface area (Å²) in [5.41, 5.74) is 1.37. The molecule has 1 aromatic heterocycles. The first kappa shape index (κ1) is 20.9. The average Bonchev–Trinajstić information content (AvgIpc) is 2.99. The Morgan fingerprint density at radius 3 is 2.44 bits per heavy atom. The predicted molar refractivity (Wildman–Crippen MR) is 104 cm³/mol. The van der Waals surface area contributed by atoms with Crippen molar-refractivity contribution in [3.63, 3.8) is 0 Å². The van der Waals surface area contributed by atoms with E-state index in [0.717, 1.165) is 11.1 Å². The molecule has 1 aromatic carbocycles. The first-order valence-corrected chi connectivity index (χ1v) is 9.11. The lowest BCUT2D eigenvalue weighted by Gasteiger charge is -2.42. The predicted octanol–water partition coefficient (Wildman–Crippen LogP) is 2.26. The van der Waals surface area contributed by atoms with Crippen LogP contribution in [0.5, 0.6) is 0 Å². The van der Waals surface area contributed by atoms with Gasteiger partial charge in [0.1, 0.15) is 0 Å². The van der Waals surface area contributed by atoms with E-state index in [0.29, 0.717) is 13.0 Å². The van der Waals surface area contributed by atoms with Gasteiger partial charge in [-0.05, 0) is 32.8 Å². The standard InChI is InChI=1S/C20H30N4O3/c1-20(2,3)24(19(26)27)17(10-15-8-6-5-7-9-15)18(25)13-21-11-16-12-22-23(4)14-16/h5-9,12,14,17-18,21,25H,10-11,13H2,1-4H3,(H,26,27)/t17-,18+/m0/s1. The van der Waals surface area contributed by atoms with E-state index in [1.165, 1.54) is 4.90 Å². The molecule has 2 atom stereocenters. The van der Waals surface area contributed by atoms with Crippen LogP contribution in [0.25, 0.3) is 0 Å². The van der Waals surface area contributed by atoms with Gasteiger partial charge in [-0.25, -0.2) is 4.79 Å². The molecule has 7 nitrogen and oxygen atoms in total. The maximum atomic E-state index is 12.0. The van der Waals surface area contributed by atoms with Crippen LogP contribution in [0.4, 0.5) is 4.79 Å². The molecule has 0 aliphatic rings. The highest BCUT2D eigenvalue weighted by atomic mass is 16.4. The quantitative estimate of drug-likeness (QED) is 0.659. The molecular formula is C20H30N4O3. The zero-order chi connectivity index (χ0) is 20.0. The van der Waals surface area contributed by atoms with Crippen LogP contribution in [0.2, 0.25) is 0 Å². The van der Waals surface area contributed by atoms with E-state index in [1.54, 1.807) is 10.9 Å². The van der Waals surface area contributed by atoms with Crippen molar-refractivity contribution in [2.45, 2.75) is 51.4 Å². The van der Waals surface area contributed by atoms with Gasteiger partial charge in [0, 0.05) is 37.4 Å². The number of nitrogens with one attached hydrogen (secondary N) is 1. The SMILES string of the molecule is Cn1cc(CNC[C@@H](O)[C@H](Cc2ccccc2)N(C(=O)O)C(C)(C)C)cn1. The Bertz CT molecular complexity index is 724. The molecule has 0 saturated heterocycles. The summed E-state index contributed by atoms with van der Waals surface area (Å²) in [6.07, 6.45) is 2.23. The van der Waals surface area contributed by atoms with Gasteiger partial charge >= 0.3 is 6.09 Å². The summed E-state index contributed by atoms with van der Waals surface area (Å²) in [7, 11) is 1.85. The summed E-state index contributed by atoms with van der Waals surface area (Å²) in [5.74, 6) is 0. The summed E-state index contributed by atoms with van der Waals surface area (Å²) in [6.45, 7) is 6.37. The van der Waals surface area contributed by atoms with Crippen LogP contribution >= 0.6 is 0 Å². The molecule has 2 rings (SSSR count). The second-order valence-electron chi connectivity index (χ2n) is 7.80. The zero-order valence-electron chi connectivity index (χ0n) is 16.5. The number of rotatable bonds is 8. The average molecular weight is 374 g/mol. The molecule has 3 N–H and O–H groups in total. The Labute approximate surface area is 160 Å². The Hall–Kier alpha value is -2.38. The largest absolute Gasteiger partial charge is 0.465 e. The minimum Gasteiger partial charge on any atom is -0.465 e. The number of benzene rings is 1. The molecule has 0 fully saturated rings. The second kappa shape index (κ2) is 9.01. The first-order valence-electron chi connectivity index (χ1n) is 9.11. The molecule has 1 amide bonds. The van der Waals surface area contributed by atoms with E-state index in [4.69, 9.17) is 0 Å². The van der Waals surface area contributed by atoms with E-state index < -0.39 is 23.8 Å². The minimum absolute atomic E-state index is 0.284. The van der Waals surface area contributed by atoms with Gasteiger partial charge < -0.3 is 15.5 Å². The van der Waals surface area contributed by atoms with Crippen LogP contribution in [-0.2, 0) is 20.0 Å². The summed E-state index contributed by atoms with van der Waals surface area (Å²) in [6, 6.07) is 9.09. The number of carboxylic acid groups (broad SMARTS) is 1. The monoisotopic (exact) mass is 374 g/mol. The summed E-state index contributed by atoms with van der Waals surface area (Å²) in [5, 5.41) is 28.0. The summed E-state index contributed by atoms with van der Waals surface area (Å²) >= 11 is 0. The molecular weight excluding hydrogens is 344 g/mol. The van der Waals surface area contributed by atoms with Crippen molar-refractivity contribution in [1.82, 2.24) is 20.0 Å². The van der Waals surface area contributed by atoms with Crippen LogP contribution in [-0.4, -0.2) is 55.2 Å². The molecule has 2 aromatic rings. The van der Waals surface area contributed by atoms with Crippen molar-refractivity contribution >= 4 is 6.09 Å². The Balaban J connectivity index is 2.12. The van der Waals surface area contributed by atoms with Gasteiger partial charge in [0.25, 0.3) is 0 Å². The fourth-order valence-electron chi connectivity index (χ4n) is 3.24. The minimum atomic E-state index is -1.03. The highest BCUT2D eigenvalue weighted by Gasteiger charge is 2.37.